The van der Waals surface area contributed by atoms with E-state index in [2.05, 4.69) is 38.9 Å². The molecule has 0 saturated carbocycles. The summed E-state index contributed by atoms with van der Waals surface area (Å²) in [6.45, 7) is 2.07. The summed E-state index contributed by atoms with van der Waals surface area (Å²) < 4.78 is 1.10. The molecule has 0 atom stereocenters. The number of aryl methyl sites for hydroxylation is 2. The molecule has 0 fully saturated rings. The van der Waals surface area contributed by atoms with Gasteiger partial charge in [-0.25, -0.2) is 4.98 Å². The minimum atomic E-state index is 0.680. The molecule has 0 radical (unpaired) electrons. The molecule has 1 N–H and O–H groups in total. The van der Waals surface area contributed by atoms with E-state index in [9.17, 15) is 0 Å². The molecule has 0 aliphatic carbocycles. The molecule has 0 saturated heterocycles. The smallest absolute Gasteiger partial charge is 0.107 e. The Morgan fingerprint density at radius 1 is 1.47 bits per heavy atom. The lowest BCUT2D eigenvalue weighted by molar-refractivity contribution is 0.867. The van der Waals surface area contributed by atoms with Gasteiger partial charge in [-0.2, -0.15) is 0 Å². The van der Waals surface area contributed by atoms with Crippen molar-refractivity contribution in [2.45, 2.75) is 19.8 Å². The molecular weight excluding hydrogens is 275 g/mol. The second-order valence-electron chi connectivity index (χ2n) is 3.59. The summed E-state index contributed by atoms with van der Waals surface area (Å²) in [6, 6.07) is 4.15. The molecule has 2 rings (SSSR count). The Hall–Kier alpha value is -0.540. The van der Waals surface area contributed by atoms with Crippen molar-refractivity contribution < 1.29 is 0 Å². The van der Waals surface area contributed by atoms with Gasteiger partial charge in [0.1, 0.15) is 5.82 Å². The highest BCUT2D eigenvalue weighted by molar-refractivity contribution is 9.10. The van der Waals surface area contributed by atoms with E-state index in [1.165, 1.54) is 5.56 Å². The number of aromatic nitrogens is 2. The number of nitrogens with zero attached hydrogens (tertiary/aromatic N) is 1. The zero-order valence-electron chi connectivity index (χ0n) is 8.48. The number of aromatic amines is 1. The summed E-state index contributed by atoms with van der Waals surface area (Å²) in [5, 5.41) is 0. The van der Waals surface area contributed by atoms with Crippen LogP contribution in [0, 0.1) is 6.92 Å². The topological polar surface area (TPSA) is 28.7 Å². The van der Waals surface area contributed by atoms with Crippen molar-refractivity contribution in [3.05, 3.63) is 28.0 Å². The predicted octanol–water partition coefficient (Wildman–Crippen LogP) is 3.81. The van der Waals surface area contributed by atoms with E-state index in [0.717, 1.165) is 34.2 Å². The third-order valence-corrected chi connectivity index (χ3v) is 3.48. The van der Waals surface area contributed by atoms with Crippen molar-refractivity contribution >= 4 is 38.6 Å². The number of rotatable bonds is 3. The van der Waals surface area contributed by atoms with Crippen molar-refractivity contribution in [3.8, 4) is 0 Å². The van der Waals surface area contributed by atoms with E-state index in [0.29, 0.717) is 5.88 Å². The lowest BCUT2D eigenvalue weighted by atomic mass is 10.2. The van der Waals surface area contributed by atoms with E-state index < -0.39 is 0 Å². The maximum Gasteiger partial charge on any atom is 0.107 e. The van der Waals surface area contributed by atoms with Gasteiger partial charge < -0.3 is 4.98 Å². The summed E-state index contributed by atoms with van der Waals surface area (Å²) in [5.74, 6) is 1.70. The Morgan fingerprint density at radius 2 is 2.27 bits per heavy atom. The number of benzene rings is 1. The van der Waals surface area contributed by atoms with Gasteiger partial charge in [0.2, 0.25) is 0 Å². The van der Waals surface area contributed by atoms with Crippen LogP contribution in [0.3, 0.4) is 0 Å². The van der Waals surface area contributed by atoms with Gasteiger partial charge in [0.25, 0.3) is 0 Å². The number of H-pyrrole nitrogens is 1. The molecule has 4 heteroatoms. The number of fused-ring (bicyclic) bond motifs is 1. The highest BCUT2D eigenvalue weighted by Gasteiger charge is 2.04. The average molecular weight is 288 g/mol. The van der Waals surface area contributed by atoms with Crippen LogP contribution in [-0.2, 0) is 6.42 Å². The largest absolute Gasteiger partial charge is 0.342 e. The molecule has 2 aromatic rings. The normalized spacial score (nSPS) is 11.1. The van der Waals surface area contributed by atoms with E-state index in [4.69, 9.17) is 11.6 Å². The number of alkyl halides is 1. The number of imidazole rings is 1. The quantitative estimate of drug-likeness (QED) is 0.855. The number of nitrogens with one attached hydrogen (secondary N) is 1. The van der Waals surface area contributed by atoms with E-state index >= 15 is 0 Å². The maximum atomic E-state index is 5.65. The monoisotopic (exact) mass is 286 g/mol. The second-order valence-corrected chi connectivity index (χ2v) is 4.83. The summed E-state index contributed by atoms with van der Waals surface area (Å²) >= 11 is 9.15. The molecule has 1 heterocycles. The second kappa shape index (κ2) is 4.54. The van der Waals surface area contributed by atoms with Crippen LogP contribution in [0.2, 0.25) is 0 Å². The van der Waals surface area contributed by atoms with E-state index in [1.807, 2.05) is 6.07 Å². The van der Waals surface area contributed by atoms with Crippen LogP contribution in [0.5, 0.6) is 0 Å². The zero-order valence-corrected chi connectivity index (χ0v) is 10.8. The lowest BCUT2D eigenvalue weighted by Crippen LogP contribution is -1.87. The van der Waals surface area contributed by atoms with Crippen LogP contribution in [0.25, 0.3) is 11.0 Å². The zero-order chi connectivity index (χ0) is 10.8. The Bertz CT molecular complexity index is 440. The first kappa shape index (κ1) is 11.0. The first-order chi connectivity index (χ1) is 7.20. The SMILES string of the molecule is Cc1cc2[nH]c(CCCCl)nc2cc1Br. The van der Waals surface area contributed by atoms with Crippen molar-refractivity contribution in [1.82, 2.24) is 9.97 Å². The molecule has 1 aromatic carbocycles. The molecule has 0 aliphatic rings. The van der Waals surface area contributed by atoms with Gasteiger partial charge >= 0.3 is 0 Å². The van der Waals surface area contributed by atoms with Gasteiger partial charge in [-0.05, 0) is 31.0 Å². The van der Waals surface area contributed by atoms with Gasteiger partial charge in [-0.15, -0.1) is 11.6 Å². The predicted molar refractivity (Wildman–Crippen MR) is 67.6 cm³/mol. The first-order valence-electron chi connectivity index (χ1n) is 4.91. The molecule has 15 heavy (non-hydrogen) atoms. The van der Waals surface area contributed by atoms with Crippen LogP contribution in [-0.4, -0.2) is 15.8 Å². The molecule has 1 aromatic heterocycles. The van der Waals surface area contributed by atoms with Crippen LogP contribution in [0.4, 0.5) is 0 Å². The Morgan fingerprint density at radius 3 is 3.00 bits per heavy atom. The summed E-state index contributed by atoms with van der Waals surface area (Å²) in [5.41, 5.74) is 3.33. The molecule has 80 valence electrons. The maximum absolute atomic E-state index is 5.65. The van der Waals surface area contributed by atoms with Crippen molar-refractivity contribution in [1.29, 1.82) is 0 Å². The number of hydrogen-bond donors (Lipinski definition) is 1. The molecule has 0 amide bonds. The molecule has 0 spiro atoms. The van der Waals surface area contributed by atoms with Gasteiger partial charge in [0, 0.05) is 16.8 Å². The molecule has 0 aliphatic heterocycles. The van der Waals surface area contributed by atoms with Crippen LogP contribution in [0.1, 0.15) is 17.8 Å². The minimum absolute atomic E-state index is 0.680. The van der Waals surface area contributed by atoms with Crippen LogP contribution in [0.15, 0.2) is 16.6 Å². The van der Waals surface area contributed by atoms with Crippen LogP contribution >= 0.6 is 27.5 Å². The third kappa shape index (κ3) is 2.34. The third-order valence-electron chi connectivity index (χ3n) is 2.36. The highest BCUT2D eigenvalue weighted by Crippen LogP contribution is 2.22. The van der Waals surface area contributed by atoms with Gasteiger partial charge in [0.15, 0.2) is 0 Å². The highest BCUT2D eigenvalue weighted by atomic mass is 79.9. The summed E-state index contributed by atoms with van der Waals surface area (Å²) in [7, 11) is 0. The molecular formula is C11H12BrClN2. The van der Waals surface area contributed by atoms with Gasteiger partial charge in [-0.3, -0.25) is 0 Å². The van der Waals surface area contributed by atoms with E-state index in [-0.39, 0.29) is 0 Å². The Balaban J connectivity index is 2.38. The molecule has 0 unspecified atom stereocenters. The minimum Gasteiger partial charge on any atom is -0.342 e. The van der Waals surface area contributed by atoms with Crippen molar-refractivity contribution in [3.63, 3.8) is 0 Å². The fourth-order valence-electron chi connectivity index (χ4n) is 1.55. The summed E-state index contributed by atoms with van der Waals surface area (Å²) in [6.07, 6.45) is 1.87. The number of halogens is 2. The standard InChI is InChI=1S/C11H12BrClN2/c1-7-5-9-10(6-8(7)12)15-11(14-9)3-2-4-13/h5-6H,2-4H2,1H3,(H,14,15). The summed E-state index contributed by atoms with van der Waals surface area (Å²) in [4.78, 5) is 7.82. The van der Waals surface area contributed by atoms with Gasteiger partial charge in [0.05, 0.1) is 11.0 Å². The fraction of sp³-hybridized carbons (Fsp3) is 0.364. The van der Waals surface area contributed by atoms with Crippen LogP contribution < -0.4 is 0 Å². The molecule has 2 nitrogen and oxygen atoms in total. The Kier molecular flexibility index (Phi) is 3.32. The molecule has 0 bridgehead atoms. The lowest BCUT2D eigenvalue weighted by Gasteiger charge is -1.95. The number of hydrogen-bond acceptors (Lipinski definition) is 1. The van der Waals surface area contributed by atoms with E-state index in [1.54, 1.807) is 0 Å². The van der Waals surface area contributed by atoms with Gasteiger partial charge in [-0.1, -0.05) is 15.9 Å². The first-order valence-corrected chi connectivity index (χ1v) is 6.24. The van der Waals surface area contributed by atoms with Crippen molar-refractivity contribution in [2.75, 3.05) is 5.88 Å². The average Bonchev–Trinajstić information content (AvgIpc) is 2.58. The Labute approximate surface area is 102 Å². The van der Waals surface area contributed by atoms with Crippen molar-refractivity contribution in [2.24, 2.45) is 0 Å². The fourth-order valence-corrected chi connectivity index (χ4v) is 2.01.